The highest BCUT2D eigenvalue weighted by Gasteiger charge is 2.69. The van der Waals surface area contributed by atoms with Crippen LogP contribution < -0.4 is 5.32 Å². The largest absolute Gasteiger partial charge is 0.504 e. The Bertz CT molecular complexity index is 949. The summed E-state index contributed by atoms with van der Waals surface area (Å²) in [4.78, 5) is 12.5. The quantitative estimate of drug-likeness (QED) is 0.622. The van der Waals surface area contributed by atoms with Crippen LogP contribution in [0.25, 0.3) is 0 Å². The lowest BCUT2D eigenvalue weighted by atomic mass is 9.69. The van der Waals surface area contributed by atoms with Crippen molar-refractivity contribution in [3.63, 3.8) is 0 Å². The maximum absolute atomic E-state index is 12.5. The van der Waals surface area contributed by atoms with Gasteiger partial charge in [-0.25, -0.2) is 0 Å². The molecule has 2 saturated heterocycles. The molecule has 1 N–H and O–H groups in total. The van der Waals surface area contributed by atoms with Crippen molar-refractivity contribution < 1.29 is 28.5 Å². The van der Waals surface area contributed by atoms with Crippen molar-refractivity contribution in [2.24, 2.45) is 0 Å². The van der Waals surface area contributed by atoms with Crippen LogP contribution in [0.1, 0.15) is 24.5 Å². The third-order valence-corrected chi connectivity index (χ3v) is 6.52. The molecular formula is C26H29NO6. The van der Waals surface area contributed by atoms with Gasteiger partial charge < -0.3 is 29.0 Å². The van der Waals surface area contributed by atoms with E-state index in [1.165, 1.54) is 6.92 Å². The van der Waals surface area contributed by atoms with Crippen LogP contribution in [0, 0.1) is 0 Å². The number of hydrogen-bond donors (Lipinski definition) is 1. The van der Waals surface area contributed by atoms with Crippen LogP contribution in [0.3, 0.4) is 0 Å². The Balaban J connectivity index is 1.49. The van der Waals surface area contributed by atoms with Crippen molar-refractivity contribution in [1.82, 2.24) is 5.32 Å². The van der Waals surface area contributed by atoms with E-state index in [4.69, 9.17) is 23.7 Å². The number of hydrogen-bond acceptors (Lipinski definition) is 6. The van der Waals surface area contributed by atoms with E-state index in [1.807, 2.05) is 60.7 Å². The number of amides is 1. The van der Waals surface area contributed by atoms with E-state index in [1.54, 1.807) is 13.4 Å². The summed E-state index contributed by atoms with van der Waals surface area (Å²) in [6.45, 7) is 2.26. The van der Waals surface area contributed by atoms with Gasteiger partial charge in [0.05, 0.1) is 26.6 Å². The number of nitrogens with one attached hydrogen (secondary N) is 1. The van der Waals surface area contributed by atoms with Gasteiger partial charge in [0.2, 0.25) is 5.91 Å². The van der Waals surface area contributed by atoms with Gasteiger partial charge in [-0.2, -0.15) is 0 Å². The molecule has 0 aromatic heterocycles. The molecule has 0 unspecified atom stereocenters. The maximum Gasteiger partial charge on any atom is 0.217 e. The van der Waals surface area contributed by atoms with Crippen molar-refractivity contribution in [3.8, 4) is 0 Å². The number of rotatable bonds is 8. The first-order valence-electron chi connectivity index (χ1n) is 11.2. The summed E-state index contributed by atoms with van der Waals surface area (Å²) in [7, 11) is 1.61. The van der Waals surface area contributed by atoms with Crippen molar-refractivity contribution in [2.75, 3.05) is 7.11 Å². The summed E-state index contributed by atoms with van der Waals surface area (Å²) in [5, 5.41) is 3.20. The summed E-state index contributed by atoms with van der Waals surface area (Å²) in [5.41, 5.74) is 2.13. The second-order valence-electron chi connectivity index (χ2n) is 8.79. The summed E-state index contributed by atoms with van der Waals surface area (Å²) >= 11 is 0. The lowest BCUT2D eigenvalue weighted by Gasteiger charge is -2.53. The summed E-state index contributed by atoms with van der Waals surface area (Å²) < 4.78 is 30.9. The van der Waals surface area contributed by atoms with Crippen LogP contribution in [0.5, 0.6) is 0 Å². The van der Waals surface area contributed by atoms with Gasteiger partial charge in [0.25, 0.3) is 0 Å². The number of carbonyl (C=O) groups is 1. The number of fused-ring (bicyclic) bond motifs is 2. The highest BCUT2D eigenvalue weighted by Crippen LogP contribution is 2.51. The van der Waals surface area contributed by atoms with Crippen molar-refractivity contribution in [3.05, 3.63) is 83.6 Å². The first kappa shape index (κ1) is 22.1. The lowest BCUT2D eigenvalue weighted by Crippen LogP contribution is -2.74. The molecule has 7 nitrogen and oxygen atoms in total. The molecular weight excluding hydrogens is 422 g/mol. The Morgan fingerprint density at radius 2 is 1.61 bits per heavy atom. The molecule has 3 aliphatic rings. The molecule has 174 valence electrons. The van der Waals surface area contributed by atoms with Crippen LogP contribution in [0.2, 0.25) is 0 Å². The molecule has 2 aromatic rings. The van der Waals surface area contributed by atoms with Gasteiger partial charge >= 0.3 is 0 Å². The SMILES string of the molecule is COC=C1C[C@]2(NC(C)=O)[C@H](OCc3ccccc3)[C@H]3O[C@@H]([C@H]2OCc2ccccc2)[C@H]1O3. The predicted molar refractivity (Wildman–Crippen MR) is 120 cm³/mol. The molecule has 2 aliphatic heterocycles. The second kappa shape index (κ2) is 9.27. The zero-order valence-corrected chi connectivity index (χ0v) is 18.8. The monoisotopic (exact) mass is 451 g/mol. The van der Waals surface area contributed by atoms with E-state index in [0.29, 0.717) is 19.6 Å². The zero-order chi connectivity index (χ0) is 22.8. The van der Waals surface area contributed by atoms with Gasteiger partial charge in [0.1, 0.15) is 30.0 Å². The molecule has 3 bridgehead atoms. The van der Waals surface area contributed by atoms with Gasteiger partial charge in [-0.15, -0.1) is 0 Å². The third-order valence-electron chi connectivity index (χ3n) is 6.52. The minimum Gasteiger partial charge on any atom is -0.504 e. The van der Waals surface area contributed by atoms with Gasteiger partial charge in [-0.3, -0.25) is 4.79 Å². The Morgan fingerprint density at radius 3 is 2.18 bits per heavy atom. The van der Waals surface area contributed by atoms with E-state index in [9.17, 15) is 4.79 Å². The second-order valence-corrected chi connectivity index (χ2v) is 8.79. The fraction of sp³-hybridized carbons (Fsp3) is 0.423. The maximum atomic E-state index is 12.5. The highest BCUT2D eigenvalue weighted by atomic mass is 16.8. The molecule has 33 heavy (non-hydrogen) atoms. The standard InChI is InChI=1S/C26H29NO6/c1-17(28)27-26-13-20(16-29-2)21-22(23(26)30-14-18-9-5-3-6-10-18)33-25(32-21)24(26)31-15-19-11-7-4-8-12-19/h3-12,16,21-25H,13-15H2,1-2H3,(H,27,28)/t21-,22+,23+,24+,25+,26+/m0/s1. The topological polar surface area (TPSA) is 75.3 Å². The van der Waals surface area contributed by atoms with Crippen LogP contribution in [-0.4, -0.2) is 49.3 Å². The molecule has 1 aliphatic carbocycles. The van der Waals surface area contributed by atoms with E-state index in [-0.39, 0.29) is 18.1 Å². The minimum atomic E-state index is -0.861. The minimum absolute atomic E-state index is 0.159. The van der Waals surface area contributed by atoms with Gasteiger partial charge in [0, 0.05) is 13.3 Å². The summed E-state index contributed by atoms with van der Waals surface area (Å²) in [5.74, 6) is -0.159. The Morgan fingerprint density at radius 1 is 1.00 bits per heavy atom. The van der Waals surface area contributed by atoms with Gasteiger partial charge in [-0.05, 0) is 16.7 Å². The van der Waals surface area contributed by atoms with E-state index in [2.05, 4.69) is 5.32 Å². The zero-order valence-electron chi connectivity index (χ0n) is 18.8. The van der Waals surface area contributed by atoms with Crippen LogP contribution in [-0.2, 0) is 41.7 Å². The van der Waals surface area contributed by atoms with Crippen molar-refractivity contribution in [1.29, 1.82) is 0 Å². The predicted octanol–water partition coefficient (Wildman–Crippen LogP) is 3.09. The fourth-order valence-electron chi connectivity index (χ4n) is 5.25. The molecule has 2 aromatic carbocycles. The van der Waals surface area contributed by atoms with Crippen LogP contribution in [0.4, 0.5) is 0 Å². The molecule has 6 atom stereocenters. The molecule has 1 amide bonds. The van der Waals surface area contributed by atoms with Gasteiger partial charge in [-0.1, -0.05) is 60.7 Å². The Labute approximate surface area is 193 Å². The highest BCUT2D eigenvalue weighted by molar-refractivity contribution is 5.74. The fourth-order valence-corrected chi connectivity index (χ4v) is 5.25. The first-order valence-corrected chi connectivity index (χ1v) is 11.2. The Hall–Kier alpha value is -2.71. The molecule has 5 rings (SSSR count). The summed E-state index contributed by atoms with van der Waals surface area (Å²) in [6.07, 6.45) is -0.158. The van der Waals surface area contributed by atoms with Crippen LogP contribution in [0.15, 0.2) is 72.5 Å². The van der Waals surface area contributed by atoms with E-state index >= 15 is 0 Å². The number of ether oxygens (including phenoxy) is 5. The lowest BCUT2D eigenvalue weighted by molar-refractivity contribution is -0.252. The average molecular weight is 452 g/mol. The van der Waals surface area contributed by atoms with Gasteiger partial charge in [0.15, 0.2) is 6.29 Å². The normalized spacial score (nSPS) is 33.3. The van der Waals surface area contributed by atoms with E-state index < -0.39 is 24.0 Å². The molecule has 3 fully saturated rings. The average Bonchev–Trinajstić information content (AvgIpc) is 3.16. The third kappa shape index (κ3) is 4.17. The molecule has 0 radical (unpaired) electrons. The molecule has 1 saturated carbocycles. The summed E-state index contributed by atoms with van der Waals surface area (Å²) in [6, 6.07) is 19.9. The molecule has 0 spiro atoms. The van der Waals surface area contributed by atoms with Crippen molar-refractivity contribution in [2.45, 2.75) is 62.8 Å². The number of methoxy groups -OCH3 is 1. The molecule has 7 heteroatoms. The Kier molecular flexibility index (Phi) is 6.21. The smallest absolute Gasteiger partial charge is 0.217 e. The number of benzene rings is 2. The van der Waals surface area contributed by atoms with Crippen molar-refractivity contribution >= 4 is 5.91 Å². The first-order chi connectivity index (χ1) is 16.1. The number of carbonyl (C=O) groups excluding carboxylic acids is 1. The van der Waals surface area contributed by atoms with Crippen LogP contribution >= 0.6 is 0 Å². The molecule has 2 heterocycles. The van der Waals surface area contributed by atoms with E-state index in [0.717, 1.165) is 16.7 Å².